The van der Waals surface area contributed by atoms with E-state index in [0.717, 1.165) is 12.8 Å². The van der Waals surface area contributed by atoms with Gasteiger partial charge in [0, 0.05) is 19.6 Å². The van der Waals surface area contributed by atoms with Gasteiger partial charge < -0.3 is 9.47 Å². The fourth-order valence-electron chi connectivity index (χ4n) is 3.29. The molecule has 1 aromatic rings. The van der Waals surface area contributed by atoms with Crippen LogP contribution in [0.3, 0.4) is 0 Å². The monoisotopic (exact) mass is 354 g/mol. The number of rotatable bonds is 5. The van der Waals surface area contributed by atoms with E-state index < -0.39 is 10.2 Å². The van der Waals surface area contributed by atoms with Crippen LogP contribution < -0.4 is 9.47 Å². The van der Waals surface area contributed by atoms with Crippen molar-refractivity contribution in [1.29, 1.82) is 0 Å². The van der Waals surface area contributed by atoms with E-state index in [4.69, 9.17) is 9.47 Å². The van der Waals surface area contributed by atoms with Gasteiger partial charge in [-0.2, -0.15) is 17.0 Å². The Bertz CT molecular complexity index is 664. The molecule has 1 aromatic carbocycles. The summed E-state index contributed by atoms with van der Waals surface area (Å²) in [6, 6.07) is 7.48. The van der Waals surface area contributed by atoms with Crippen molar-refractivity contribution in [2.24, 2.45) is 5.92 Å². The van der Waals surface area contributed by atoms with Gasteiger partial charge in [0.25, 0.3) is 10.2 Å². The third-order valence-corrected chi connectivity index (χ3v) is 6.64. The molecule has 0 radical (unpaired) electrons. The summed E-state index contributed by atoms with van der Waals surface area (Å²) < 4.78 is 40.6. The van der Waals surface area contributed by atoms with Crippen LogP contribution in [-0.4, -0.2) is 55.9 Å². The van der Waals surface area contributed by atoms with Crippen LogP contribution in [0.1, 0.15) is 26.7 Å². The van der Waals surface area contributed by atoms with E-state index in [1.807, 2.05) is 31.2 Å². The smallest absolute Gasteiger partial charge is 0.282 e. The average Bonchev–Trinajstić information content (AvgIpc) is 2.59. The second-order valence-electron chi connectivity index (χ2n) is 6.56. The molecule has 2 unspecified atom stereocenters. The molecule has 0 bridgehead atoms. The van der Waals surface area contributed by atoms with Gasteiger partial charge in [-0.25, -0.2) is 0 Å². The first-order chi connectivity index (χ1) is 11.5. The predicted octanol–water partition coefficient (Wildman–Crippen LogP) is 2.12. The van der Waals surface area contributed by atoms with E-state index in [2.05, 4.69) is 6.92 Å². The highest BCUT2D eigenvalue weighted by Gasteiger charge is 2.34. The maximum absolute atomic E-state index is 12.9. The van der Waals surface area contributed by atoms with Gasteiger partial charge in [-0.1, -0.05) is 26.0 Å². The van der Waals surface area contributed by atoms with Crippen molar-refractivity contribution in [3.8, 4) is 11.5 Å². The quantitative estimate of drug-likeness (QED) is 0.813. The predicted molar refractivity (Wildman–Crippen MR) is 92.5 cm³/mol. The van der Waals surface area contributed by atoms with E-state index in [1.165, 1.54) is 4.31 Å². The van der Waals surface area contributed by atoms with Gasteiger partial charge in [0.2, 0.25) is 0 Å². The molecule has 2 atom stereocenters. The number of hydrogen-bond acceptors (Lipinski definition) is 4. The van der Waals surface area contributed by atoms with Gasteiger partial charge in [0.1, 0.15) is 12.7 Å². The van der Waals surface area contributed by atoms with Crippen LogP contribution in [0.15, 0.2) is 24.3 Å². The molecular formula is C17H26N2O4S. The number of fused-ring (bicyclic) bond motifs is 1. The first-order valence-corrected chi connectivity index (χ1v) is 10.0. The number of para-hydroxylation sites is 2. The summed E-state index contributed by atoms with van der Waals surface area (Å²) in [5, 5.41) is 0. The molecule has 0 amide bonds. The van der Waals surface area contributed by atoms with Crippen LogP contribution in [0.2, 0.25) is 0 Å². The molecule has 1 saturated heterocycles. The molecule has 0 spiro atoms. The minimum atomic E-state index is -3.45. The van der Waals surface area contributed by atoms with Gasteiger partial charge in [0.05, 0.1) is 6.54 Å². The molecule has 24 heavy (non-hydrogen) atoms. The van der Waals surface area contributed by atoms with Crippen molar-refractivity contribution in [3.05, 3.63) is 24.3 Å². The summed E-state index contributed by atoms with van der Waals surface area (Å²) >= 11 is 0. The van der Waals surface area contributed by atoms with Crippen LogP contribution in [-0.2, 0) is 10.2 Å². The summed E-state index contributed by atoms with van der Waals surface area (Å²) in [4.78, 5) is 0. The summed E-state index contributed by atoms with van der Waals surface area (Å²) in [6.07, 6.45) is 1.72. The average molecular weight is 354 g/mol. The van der Waals surface area contributed by atoms with Crippen LogP contribution in [0.5, 0.6) is 11.5 Å². The van der Waals surface area contributed by atoms with Crippen molar-refractivity contribution in [2.45, 2.75) is 32.8 Å². The number of hydrogen-bond donors (Lipinski definition) is 0. The second-order valence-corrected chi connectivity index (χ2v) is 8.49. The second kappa shape index (κ2) is 7.29. The topological polar surface area (TPSA) is 59.1 Å². The highest BCUT2D eigenvalue weighted by atomic mass is 32.2. The molecule has 2 heterocycles. The minimum Gasteiger partial charge on any atom is -0.486 e. The first kappa shape index (κ1) is 17.5. The number of ether oxygens (including phenoxy) is 2. The normalized spacial score (nSPS) is 25.0. The molecule has 0 N–H and O–H groups in total. The Morgan fingerprint density at radius 1 is 1.29 bits per heavy atom. The van der Waals surface area contributed by atoms with Gasteiger partial charge in [-0.15, -0.1) is 0 Å². The molecule has 2 aliphatic rings. The highest BCUT2D eigenvalue weighted by molar-refractivity contribution is 7.86. The Morgan fingerprint density at radius 2 is 2.04 bits per heavy atom. The zero-order valence-corrected chi connectivity index (χ0v) is 15.2. The van der Waals surface area contributed by atoms with E-state index in [1.54, 1.807) is 4.31 Å². The van der Waals surface area contributed by atoms with Crippen molar-refractivity contribution in [1.82, 2.24) is 8.61 Å². The van der Waals surface area contributed by atoms with Crippen LogP contribution in [0, 0.1) is 5.92 Å². The fourth-order valence-corrected chi connectivity index (χ4v) is 5.10. The minimum absolute atomic E-state index is 0.295. The Balaban J connectivity index is 1.68. The standard InChI is InChI=1S/C17H26N2O4S/c1-3-18(24(20,21)19-10-6-7-14(2)11-19)12-15-13-22-16-8-4-5-9-17(16)23-15/h4-5,8-9,14-15H,3,6-7,10-13H2,1-2H3. The fraction of sp³-hybridized carbons (Fsp3) is 0.647. The lowest BCUT2D eigenvalue weighted by molar-refractivity contribution is 0.0754. The number of benzene rings is 1. The maximum Gasteiger partial charge on any atom is 0.282 e. The molecule has 134 valence electrons. The van der Waals surface area contributed by atoms with Gasteiger partial charge in [0.15, 0.2) is 11.5 Å². The Hall–Kier alpha value is -1.31. The third kappa shape index (κ3) is 3.68. The summed E-state index contributed by atoms with van der Waals surface area (Å²) in [5.74, 6) is 1.80. The molecule has 0 aromatic heterocycles. The molecular weight excluding hydrogens is 328 g/mol. The molecule has 3 rings (SSSR count). The van der Waals surface area contributed by atoms with Crippen molar-refractivity contribution in [3.63, 3.8) is 0 Å². The van der Waals surface area contributed by atoms with Crippen molar-refractivity contribution in [2.75, 3.05) is 32.8 Å². The molecule has 1 fully saturated rings. The van der Waals surface area contributed by atoms with Crippen LogP contribution in [0.25, 0.3) is 0 Å². The number of piperidine rings is 1. The zero-order valence-electron chi connectivity index (χ0n) is 14.3. The van der Waals surface area contributed by atoms with Crippen LogP contribution in [0.4, 0.5) is 0 Å². The number of likely N-dealkylation sites (N-methyl/N-ethyl adjacent to an activating group) is 1. The Labute approximate surface area is 144 Å². The Morgan fingerprint density at radius 3 is 2.75 bits per heavy atom. The summed E-state index contributed by atoms with van der Waals surface area (Å²) in [6.45, 7) is 6.26. The van der Waals surface area contributed by atoms with Crippen molar-refractivity contribution >= 4 is 10.2 Å². The SMILES string of the molecule is CCN(CC1COc2ccccc2O1)S(=O)(=O)N1CCCC(C)C1. The Kier molecular flexibility index (Phi) is 5.32. The zero-order chi connectivity index (χ0) is 17.2. The van der Waals surface area contributed by atoms with Crippen molar-refractivity contribution < 1.29 is 17.9 Å². The van der Waals surface area contributed by atoms with Crippen LogP contribution >= 0.6 is 0 Å². The van der Waals surface area contributed by atoms with Gasteiger partial charge in [-0.3, -0.25) is 0 Å². The molecule has 0 aliphatic carbocycles. The number of nitrogens with zero attached hydrogens (tertiary/aromatic N) is 2. The lowest BCUT2D eigenvalue weighted by Gasteiger charge is -2.36. The van der Waals surface area contributed by atoms with Gasteiger partial charge >= 0.3 is 0 Å². The third-order valence-electron chi connectivity index (χ3n) is 4.60. The van der Waals surface area contributed by atoms with E-state index in [9.17, 15) is 8.42 Å². The molecule has 6 nitrogen and oxygen atoms in total. The molecule has 7 heteroatoms. The lowest BCUT2D eigenvalue weighted by atomic mass is 10.0. The highest BCUT2D eigenvalue weighted by Crippen LogP contribution is 2.31. The summed E-state index contributed by atoms with van der Waals surface area (Å²) in [7, 11) is -3.45. The molecule has 2 aliphatic heterocycles. The van der Waals surface area contributed by atoms with E-state index in [-0.39, 0.29) is 6.10 Å². The van der Waals surface area contributed by atoms with Gasteiger partial charge in [-0.05, 0) is 30.9 Å². The van der Waals surface area contributed by atoms with E-state index >= 15 is 0 Å². The lowest BCUT2D eigenvalue weighted by Crippen LogP contribution is -2.51. The summed E-state index contributed by atoms with van der Waals surface area (Å²) in [5.41, 5.74) is 0. The molecule has 0 saturated carbocycles. The van der Waals surface area contributed by atoms with E-state index in [0.29, 0.717) is 50.2 Å². The first-order valence-electron chi connectivity index (χ1n) is 8.64. The largest absolute Gasteiger partial charge is 0.486 e. The maximum atomic E-state index is 12.9.